The molecule has 2 aliphatic heterocycles. The molecule has 1 unspecified atom stereocenters. The average Bonchev–Trinajstić information content (AvgIpc) is 3.20. The zero-order valence-corrected chi connectivity index (χ0v) is 13.8. The summed E-state index contributed by atoms with van der Waals surface area (Å²) in [5.41, 5.74) is 7.45. The maximum atomic E-state index is 12.4. The van der Waals surface area contributed by atoms with Crippen LogP contribution in [-0.4, -0.2) is 38.0 Å². The van der Waals surface area contributed by atoms with Crippen molar-refractivity contribution in [1.29, 1.82) is 0 Å². The molecule has 0 saturated carbocycles. The van der Waals surface area contributed by atoms with Gasteiger partial charge in [0.2, 0.25) is 11.8 Å². The van der Waals surface area contributed by atoms with E-state index < -0.39 is 5.91 Å². The number of nitrogens with two attached hydrogens (primary N) is 1. The number of carbonyl (C=O) groups is 2. The van der Waals surface area contributed by atoms with Gasteiger partial charge in [-0.05, 0) is 44.0 Å². The Morgan fingerprint density at radius 3 is 2.61 bits per heavy atom. The molecule has 126 valence electrons. The van der Waals surface area contributed by atoms with Gasteiger partial charge in [0.05, 0.1) is 17.3 Å². The molecule has 0 aromatic heterocycles. The van der Waals surface area contributed by atoms with Crippen LogP contribution in [0.5, 0.6) is 0 Å². The summed E-state index contributed by atoms with van der Waals surface area (Å²) in [6.07, 6.45) is 3.15. The number of carbonyl (C=O) groups excluding carboxylic acids is 2. The molecule has 2 saturated heterocycles. The highest BCUT2D eigenvalue weighted by atomic mass is 35.5. The van der Waals surface area contributed by atoms with Gasteiger partial charge < -0.3 is 21.3 Å². The summed E-state index contributed by atoms with van der Waals surface area (Å²) in [5.74, 6) is -0.485. The van der Waals surface area contributed by atoms with Crippen LogP contribution in [0.25, 0.3) is 0 Å². The van der Waals surface area contributed by atoms with E-state index in [0.29, 0.717) is 17.8 Å². The molecule has 2 aliphatic rings. The minimum Gasteiger partial charge on any atom is -0.370 e. The van der Waals surface area contributed by atoms with Gasteiger partial charge in [0.1, 0.15) is 0 Å². The Morgan fingerprint density at radius 1 is 1.26 bits per heavy atom. The summed E-state index contributed by atoms with van der Waals surface area (Å²) in [6, 6.07) is 5.30. The Hall–Kier alpha value is -1.79. The molecule has 2 fully saturated rings. The normalized spacial score (nSPS) is 20.2. The number of benzene rings is 1. The molecule has 0 radical (unpaired) electrons. The maximum absolute atomic E-state index is 12.4. The van der Waals surface area contributed by atoms with Crippen molar-refractivity contribution in [2.24, 2.45) is 11.7 Å². The van der Waals surface area contributed by atoms with Crippen LogP contribution in [0.2, 0.25) is 0 Å². The maximum Gasteiger partial charge on any atom is 0.248 e. The number of nitrogens with one attached hydrogen (secondary N) is 2. The summed E-state index contributed by atoms with van der Waals surface area (Å²) in [4.78, 5) is 26.0. The number of nitrogens with zero attached hydrogens (tertiary/aromatic N) is 1. The summed E-state index contributed by atoms with van der Waals surface area (Å²) in [7, 11) is 0. The first-order valence-electron chi connectivity index (χ1n) is 7.85. The largest absolute Gasteiger partial charge is 0.370 e. The van der Waals surface area contributed by atoms with Crippen molar-refractivity contribution in [2.75, 3.05) is 36.4 Å². The van der Waals surface area contributed by atoms with E-state index in [0.717, 1.165) is 44.6 Å². The number of anilines is 2. The predicted molar refractivity (Wildman–Crippen MR) is 93.3 cm³/mol. The fourth-order valence-corrected chi connectivity index (χ4v) is 3.14. The lowest BCUT2D eigenvalue weighted by Crippen LogP contribution is -2.27. The molecule has 3 rings (SSSR count). The zero-order chi connectivity index (χ0) is 15.5. The van der Waals surface area contributed by atoms with Gasteiger partial charge in [0, 0.05) is 25.2 Å². The van der Waals surface area contributed by atoms with Crippen molar-refractivity contribution in [1.82, 2.24) is 5.32 Å². The Labute approximate surface area is 142 Å². The molecular formula is C16H23ClN4O2. The minimum absolute atomic E-state index is 0. The quantitative estimate of drug-likeness (QED) is 0.773. The van der Waals surface area contributed by atoms with E-state index in [2.05, 4.69) is 15.5 Å². The predicted octanol–water partition coefficient (Wildman–Crippen LogP) is 1.36. The molecule has 0 aliphatic carbocycles. The van der Waals surface area contributed by atoms with Gasteiger partial charge in [-0.2, -0.15) is 0 Å². The van der Waals surface area contributed by atoms with E-state index in [1.54, 1.807) is 12.1 Å². The topological polar surface area (TPSA) is 87.5 Å². The summed E-state index contributed by atoms with van der Waals surface area (Å²) in [5, 5.41) is 6.19. The number of hydrogen-bond acceptors (Lipinski definition) is 4. The second kappa shape index (κ2) is 7.66. The molecule has 1 atom stereocenters. The summed E-state index contributed by atoms with van der Waals surface area (Å²) >= 11 is 0. The first kappa shape index (κ1) is 17.6. The van der Waals surface area contributed by atoms with Gasteiger partial charge in [-0.15, -0.1) is 12.4 Å². The van der Waals surface area contributed by atoms with Crippen molar-refractivity contribution in [2.45, 2.75) is 19.3 Å². The van der Waals surface area contributed by atoms with Gasteiger partial charge >= 0.3 is 0 Å². The SMILES string of the molecule is Cl.NC(=O)c1ccc(N2CCCC2)c(NC(=O)C2CCNC2)c1. The van der Waals surface area contributed by atoms with Crippen LogP contribution in [0, 0.1) is 5.92 Å². The molecule has 6 nitrogen and oxygen atoms in total. The molecular weight excluding hydrogens is 316 g/mol. The Morgan fingerprint density at radius 2 is 2.00 bits per heavy atom. The number of hydrogen-bond donors (Lipinski definition) is 3. The van der Waals surface area contributed by atoms with Crippen LogP contribution in [0.1, 0.15) is 29.6 Å². The lowest BCUT2D eigenvalue weighted by Gasteiger charge is -2.23. The van der Waals surface area contributed by atoms with Crippen molar-refractivity contribution in [3.63, 3.8) is 0 Å². The van der Waals surface area contributed by atoms with E-state index in [1.807, 2.05) is 6.07 Å². The molecule has 4 N–H and O–H groups in total. The summed E-state index contributed by atoms with van der Waals surface area (Å²) in [6.45, 7) is 3.53. The Kier molecular flexibility index (Phi) is 5.85. The smallest absolute Gasteiger partial charge is 0.248 e. The molecule has 0 spiro atoms. The van der Waals surface area contributed by atoms with Crippen LogP contribution in [0.3, 0.4) is 0 Å². The second-order valence-corrected chi connectivity index (χ2v) is 5.97. The van der Waals surface area contributed by atoms with Crippen LogP contribution < -0.4 is 21.3 Å². The monoisotopic (exact) mass is 338 g/mol. The third-order valence-electron chi connectivity index (χ3n) is 4.42. The number of halogens is 1. The first-order valence-corrected chi connectivity index (χ1v) is 7.85. The fraction of sp³-hybridized carbons (Fsp3) is 0.500. The molecule has 2 amide bonds. The van der Waals surface area contributed by atoms with Crippen molar-refractivity contribution in [3.8, 4) is 0 Å². The van der Waals surface area contributed by atoms with E-state index >= 15 is 0 Å². The van der Waals surface area contributed by atoms with Gasteiger partial charge in [0.25, 0.3) is 0 Å². The average molecular weight is 339 g/mol. The molecule has 1 aromatic rings. The number of primary amides is 1. The molecule has 7 heteroatoms. The third kappa shape index (κ3) is 3.95. The fourth-order valence-electron chi connectivity index (χ4n) is 3.14. The van der Waals surface area contributed by atoms with E-state index in [4.69, 9.17) is 5.73 Å². The van der Waals surface area contributed by atoms with E-state index in [9.17, 15) is 9.59 Å². The Bertz CT molecular complexity index is 581. The highest BCUT2D eigenvalue weighted by Crippen LogP contribution is 2.30. The number of amides is 2. The standard InChI is InChI=1S/C16H22N4O2.ClH/c17-15(21)11-3-4-14(20-7-1-2-8-20)13(9-11)19-16(22)12-5-6-18-10-12;/h3-4,9,12,18H,1-2,5-8,10H2,(H2,17,21)(H,19,22);1H. The van der Waals surface area contributed by atoms with Gasteiger partial charge in [-0.25, -0.2) is 0 Å². The zero-order valence-electron chi connectivity index (χ0n) is 13.0. The van der Waals surface area contributed by atoms with Crippen LogP contribution >= 0.6 is 12.4 Å². The van der Waals surface area contributed by atoms with E-state index in [-0.39, 0.29) is 24.2 Å². The highest BCUT2D eigenvalue weighted by molar-refractivity contribution is 6.00. The minimum atomic E-state index is -0.481. The van der Waals surface area contributed by atoms with Gasteiger partial charge in [-0.3, -0.25) is 9.59 Å². The molecule has 23 heavy (non-hydrogen) atoms. The lowest BCUT2D eigenvalue weighted by atomic mass is 10.1. The van der Waals surface area contributed by atoms with Crippen molar-refractivity contribution in [3.05, 3.63) is 23.8 Å². The van der Waals surface area contributed by atoms with Crippen LogP contribution in [0.15, 0.2) is 18.2 Å². The molecule has 2 heterocycles. The van der Waals surface area contributed by atoms with Crippen molar-refractivity contribution < 1.29 is 9.59 Å². The second-order valence-electron chi connectivity index (χ2n) is 5.97. The van der Waals surface area contributed by atoms with Gasteiger partial charge in [-0.1, -0.05) is 0 Å². The van der Waals surface area contributed by atoms with Crippen molar-refractivity contribution >= 4 is 35.6 Å². The lowest BCUT2D eigenvalue weighted by molar-refractivity contribution is -0.119. The van der Waals surface area contributed by atoms with Crippen LogP contribution in [-0.2, 0) is 4.79 Å². The van der Waals surface area contributed by atoms with E-state index in [1.165, 1.54) is 0 Å². The molecule has 0 bridgehead atoms. The van der Waals surface area contributed by atoms with Crippen LogP contribution in [0.4, 0.5) is 11.4 Å². The van der Waals surface area contributed by atoms with Gasteiger partial charge in [0.15, 0.2) is 0 Å². The highest BCUT2D eigenvalue weighted by Gasteiger charge is 2.24. The first-order chi connectivity index (χ1) is 10.6. The summed E-state index contributed by atoms with van der Waals surface area (Å²) < 4.78 is 0. The number of rotatable bonds is 4. The Balaban J connectivity index is 0.00000192. The molecule has 1 aromatic carbocycles. The third-order valence-corrected chi connectivity index (χ3v) is 4.42.